The molecule has 45 heavy (non-hydrogen) atoms. The third-order valence-electron chi connectivity index (χ3n) is 8.18. The van der Waals surface area contributed by atoms with E-state index in [1.165, 1.54) is 7.11 Å². The van der Waals surface area contributed by atoms with Crippen LogP contribution >= 0.6 is 0 Å². The van der Waals surface area contributed by atoms with Crippen molar-refractivity contribution >= 4 is 28.8 Å². The van der Waals surface area contributed by atoms with Crippen LogP contribution in [0.4, 0.5) is 11.8 Å². The van der Waals surface area contributed by atoms with Crippen LogP contribution in [0.25, 0.3) is 22.3 Å². The van der Waals surface area contributed by atoms with E-state index < -0.39 is 6.04 Å². The van der Waals surface area contributed by atoms with Gasteiger partial charge in [-0.1, -0.05) is 30.3 Å². The number of fused-ring (bicyclic) bond motifs is 1. The molecular weight excluding hydrogens is 572 g/mol. The maximum absolute atomic E-state index is 12.7. The Hall–Kier alpha value is -4.32. The largest absolute Gasteiger partial charge is 0.496 e. The first-order valence-corrected chi connectivity index (χ1v) is 15.4. The molecule has 0 saturated carbocycles. The number of methoxy groups -OCH3 is 2. The molecule has 2 saturated heterocycles. The second-order valence-corrected chi connectivity index (χ2v) is 11.5. The molecule has 6 rings (SSSR count). The first-order chi connectivity index (χ1) is 21.9. The number of esters is 1. The van der Waals surface area contributed by atoms with E-state index in [0.29, 0.717) is 50.2 Å². The van der Waals surface area contributed by atoms with E-state index in [1.807, 2.05) is 54.6 Å². The Labute approximate surface area is 263 Å². The normalized spacial score (nSPS) is 19.4. The van der Waals surface area contributed by atoms with Crippen LogP contribution in [0.2, 0.25) is 0 Å². The van der Waals surface area contributed by atoms with E-state index in [1.54, 1.807) is 7.11 Å². The van der Waals surface area contributed by atoms with Gasteiger partial charge in [-0.3, -0.25) is 5.32 Å². The van der Waals surface area contributed by atoms with Gasteiger partial charge in [0.25, 0.3) is 0 Å². The van der Waals surface area contributed by atoms with Crippen molar-refractivity contribution in [2.75, 3.05) is 63.4 Å². The topological polar surface area (TPSA) is 111 Å². The lowest BCUT2D eigenvalue weighted by molar-refractivity contribution is -0.143. The maximum atomic E-state index is 12.7. The van der Waals surface area contributed by atoms with E-state index in [9.17, 15) is 4.79 Å². The van der Waals surface area contributed by atoms with Crippen LogP contribution in [0.15, 0.2) is 60.7 Å². The van der Waals surface area contributed by atoms with Gasteiger partial charge in [-0.15, -0.1) is 0 Å². The van der Waals surface area contributed by atoms with Gasteiger partial charge < -0.3 is 28.7 Å². The second-order valence-electron chi connectivity index (χ2n) is 11.5. The molecule has 0 bridgehead atoms. The van der Waals surface area contributed by atoms with Crippen LogP contribution in [-0.4, -0.2) is 86.7 Å². The summed E-state index contributed by atoms with van der Waals surface area (Å²) in [5.74, 6) is 1.88. The van der Waals surface area contributed by atoms with Crippen LogP contribution in [0, 0.1) is 0 Å². The lowest BCUT2D eigenvalue weighted by Gasteiger charge is -2.36. The molecule has 3 atom stereocenters. The summed E-state index contributed by atoms with van der Waals surface area (Å²) in [6, 6.07) is 18.9. The monoisotopic (exact) mass is 612 g/mol. The number of pyridine rings is 1. The summed E-state index contributed by atoms with van der Waals surface area (Å²) < 4.78 is 22.4. The molecule has 1 N–H and O–H groups in total. The number of hydrogen-bond donors (Lipinski definition) is 1. The van der Waals surface area contributed by atoms with Gasteiger partial charge in [0.1, 0.15) is 17.6 Å². The first kappa shape index (κ1) is 30.7. The fourth-order valence-electron chi connectivity index (χ4n) is 6.03. The summed E-state index contributed by atoms with van der Waals surface area (Å²) >= 11 is 0. The van der Waals surface area contributed by atoms with Crippen molar-refractivity contribution in [3.05, 3.63) is 71.8 Å². The highest BCUT2D eigenvalue weighted by molar-refractivity contribution is 5.90. The highest BCUT2D eigenvalue weighted by Crippen LogP contribution is 2.32. The summed E-state index contributed by atoms with van der Waals surface area (Å²) in [4.78, 5) is 32.2. The van der Waals surface area contributed by atoms with Crippen LogP contribution in [0.3, 0.4) is 0 Å². The van der Waals surface area contributed by atoms with Gasteiger partial charge in [-0.25, -0.2) is 9.78 Å². The van der Waals surface area contributed by atoms with Crippen molar-refractivity contribution in [2.24, 2.45) is 0 Å². The van der Waals surface area contributed by atoms with Gasteiger partial charge in [0.05, 0.1) is 50.7 Å². The van der Waals surface area contributed by atoms with Gasteiger partial charge in [0.15, 0.2) is 5.65 Å². The quantitative estimate of drug-likeness (QED) is 0.275. The molecule has 4 aromatic rings. The molecule has 2 aromatic heterocycles. The molecule has 11 heteroatoms. The highest BCUT2D eigenvalue weighted by atomic mass is 16.5. The SMILES string of the molecule is COC(=O)[C@H](NCc1cc(-c2ccc3c(N4CCOCC4)nc(N4C[C@@H](C)O[C@@H](C)C4)nc3n2)ccc1OC)c1ccccc1. The fraction of sp³-hybridized carbons (Fsp3) is 0.412. The molecule has 2 aliphatic heterocycles. The van der Waals surface area contributed by atoms with Crippen molar-refractivity contribution < 1.29 is 23.7 Å². The molecule has 2 aromatic carbocycles. The summed E-state index contributed by atoms with van der Waals surface area (Å²) in [7, 11) is 3.03. The molecule has 0 spiro atoms. The van der Waals surface area contributed by atoms with Crippen LogP contribution < -0.4 is 19.9 Å². The Morgan fingerprint density at radius 3 is 2.42 bits per heavy atom. The van der Waals surface area contributed by atoms with E-state index in [-0.39, 0.29) is 18.2 Å². The standard InChI is InChI=1S/C34H40N6O5/c1-22-20-40(21-23(2)45-22)34-37-31-27(32(38-34)39-14-16-44-17-15-39)11-12-28(36-31)25-10-13-29(42-3)26(18-25)19-35-30(33(41)43-4)24-8-6-5-7-9-24/h5-13,18,22-23,30,35H,14-17,19-21H2,1-4H3/t22-,23+,30-/m1/s1. The first-order valence-electron chi connectivity index (χ1n) is 15.4. The summed E-state index contributed by atoms with van der Waals surface area (Å²) in [6.07, 6.45) is 0.150. The number of anilines is 2. The van der Waals surface area contributed by atoms with Crippen molar-refractivity contribution in [3.63, 3.8) is 0 Å². The van der Waals surface area contributed by atoms with Crippen molar-refractivity contribution in [2.45, 2.75) is 38.6 Å². The van der Waals surface area contributed by atoms with Crippen molar-refractivity contribution in [1.29, 1.82) is 0 Å². The zero-order valence-corrected chi connectivity index (χ0v) is 26.2. The Bertz CT molecular complexity index is 1620. The fourth-order valence-corrected chi connectivity index (χ4v) is 6.03. The van der Waals surface area contributed by atoms with E-state index in [0.717, 1.165) is 46.7 Å². The zero-order chi connectivity index (χ0) is 31.3. The average Bonchev–Trinajstić information content (AvgIpc) is 3.07. The second kappa shape index (κ2) is 13.8. The number of rotatable bonds is 9. The van der Waals surface area contributed by atoms with Gasteiger partial charge in [-0.05, 0) is 49.7 Å². The molecule has 2 aliphatic rings. The van der Waals surface area contributed by atoms with E-state index in [2.05, 4.69) is 35.0 Å². The summed E-state index contributed by atoms with van der Waals surface area (Å²) in [6.45, 7) is 8.77. The predicted octanol–water partition coefficient (Wildman–Crippen LogP) is 4.15. The minimum Gasteiger partial charge on any atom is -0.496 e. The number of carbonyl (C=O) groups is 1. The minimum atomic E-state index is -0.622. The van der Waals surface area contributed by atoms with Crippen LogP contribution in [0.1, 0.15) is 31.0 Å². The molecule has 0 amide bonds. The van der Waals surface area contributed by atoms with Gasteiger partial charge in [0, 0.05) is 43.9 Å². The number of carbonyl (C=O) groups excluding carboxylic acids is 1. The van der Waals surface area contributed by atoms with E-state index >= 15 is 0 Å². The highest BCUT2D eigenvalue weighted by Gasteiger charge is 2.27. The van der Waals surface area contributed by atoms with Crippen molar-refractivity contribution in [3.8, 4) is 17.0 Å². The third-order valence-corrected chi connectivity index (χ3v) is 8.18. The zero-order valence-electron chi connectivity index (χ0n) is 26.2. The molecule has 11 nitrogen and oxygen atoms in total. The van der Waals surface area contributed by atoms with Gasteiger partial charge in [0.2, 0.25) is 5.95 Å². The molecule has 4 heterocycles. The molecule has 0 radical (unpaired) electrons. The Morgan fingerprint density at radius 1 is 0.956 bits per heavy atom. The molecule has 236 valence electrons. The Morgan fingerprint density at radius 2 is 1.71 bits per heavy atom. The number of ether oxygens (including phenoxy) is 4. The Kier molecular flexibility index (Phi) is 9.39. The molecular formula is C34H40N6O5. The number of aromatic nitrogens is 3. The third kappa shape index (κ3) is 6.85. The number of nitrogens with one attached hydrogen (secondary N) is 1. The number of benzene rings is 2. The van der Waals surface area contributed by atoms with E-state index in [4.69, 9.17) is 33.9 Å². The Balaban J connectivity index is 1.35. The van der Waals surface area contributed by atoms with Crippen molar-refractivity contribution in [1.82, 2.24) is 20.3 Å². The lowest BCUT2D eigenvalue weighted by Crippen LogP contribution is -2.46. The predicted molar refractivity (Wildman–Crippen MR) is 173 cm³/mol. The van der Waals surface area contributed by atoms with Gasteiger partial charge >= 0.3 is 5.97 Å². The number of morpholine rings is 2. The lowest BCUT2D eigenvalue weighted by atomic mass is 10.0. The summed E-state index contributed by atoms with van der Waals surface area (Å²) in [5, 5.41) is 4.25. The summed E-state index contributed by atoms with van der Waals surface area (Å²) in [5.41, 5.74) is 4.03. The van der Waals surface area contributed by atoms with Gasteiger partial charge in [-0.2, -0.15) is 9.97 Å². The molecule has 0 unspecified atom stereocenters. The number of hydrogen-bond acceptors (Lipinski definition) is 11. The smallest absolute Gasteiger partial charge is 0.327 e. The average molecular weight is 613 g/mol. The van der Waals surface area contributed by atoms with Crippen LogP contribution in [-0.2, 0) is 25.5 Å². The molecule has 0 aliphatic carbocycles. The molecule has 2 fully saturated rings. The van der Waals surface area contributed by atoms with Crippen LogP contribution in [0.5, 0.6) is 5.75 Å². The minimum absolute atomic E-state index is 0.0752. The number of nitrogens with zero attached hydrogens (tertiary/aromatic N) is 5. The maximum Gasteiger partial charge on any atom is 0.327 e.